The minimum atomic E-state index is -1.15. The number of esters is 1. The Balaban J connectivity index is 1.80. The number of nitrogens with zero attached hydrogens (tertiary/aromatic N) is 3. The zero-order valence-electron chi connectivity index (χ0n) is 22.2. The van der Waals surface area contributed by atoms with Gasteiger partial charge in [0.15, 0.2) is 11.2 Å². The van der Waals surface area contributed by atoms with Crippen molar-refractivity contribution in [2.75, 3.05) is 0 Å². The van der Waals surface area contributed by atoms with Crippen molar-refractivity contribution in [3.63, 3.8) is 0 Å². The topological polar surface area (TPSA) is 75.9 Å². The van der Waals surface area contributed by atoms with E-state index in [0.717, 1.165) is 18.4 Å². The van der Waals surface area contributed by atoms with Crippen LogP contribution in [0, 0.1) is 22.7 Å². The first-order chi connectivity index (χ1) is 16.9. The van der Waals surface area contributed by atoms with Crippen molar-refractivity contribution in [3.8, 4) is 23.2 Å². The first kappa shape index (κ1) is 28.5. The first-order valence-electron chi connectivity index (χ1n) is 13.5. The van der Waals surface area contributed by atoms with E-state index in [1.807, 2.05) is 31.5 Å². The number of hydrogen-bond acceptors (Lipinski definition) is 5. The van der Waals surface area contributed by atoms with Gasteiger partial charge in [0.25, 0.3) is 0 Å². The van der Waals surface area contributed by atoms with Crippen LogP contribution in [0.1, 0.15) is 104 Å². The molecule has 0 fully saturated rings. The smallest absolute Gasteiger partial charge is 0.331 e. The number of hydrogen-bond donors (Lipinski definition) is 0. The van der Waals surface area contributed by atoms with Crippen molar-refractivity contribution in [3.05, 3.63) is 42.2 Å². The van der Waals surface area contributed by atoms with Crippen LogP contribution >= 0.6 is 0 Å². The summed E-state index contributed by atoms with van der Waals surface area (Å²) in [6, 6.07) is 9.29. The molecule has 2 unspecified atom stereocenters. The van der Waals surface area contributed by atoms with Gasteiger partial charge in [0.2, 0.25) is 0 Å². The highest BCUT2D eigenvalue weighted by molar-refractivity contribution is 5.81. The molecule has 5 nitrogen and oxygen atoms in total. The predicted octanol–water partition coefficient (Wildman–Crippen LogP) is 8.09. The van der Waals surface area contributed by atoms with E-state index in [9.17, 15) is 10.1 Å². The Labute approximate surface area is 212 Å². The standard InChI is InChI=1S/C30H43N3O2/c1-5-7-8-9-10-11-12-13-14-15-25-21-32-28(33-22-25)26-16-18-27(19-17-26)35-29(34)30(4,23-31)20-24(3)6-2/h16-19,21-22,24H,5-15,20H2,1-4H3. The van der Waals surface area contributed by atoms with E-state index >= 15 is 0 Å². The van der Waals surface area contributed by atoms with Gasteiger partial charge >= 0.3 is 5.97 Å². The summed E-state index contributed by atoms with van der Waals surface area (Å²) >= 11 is 0. The predicted molar refractivity (Wildman–Crippen MR) is 142 cm³/mol. The Kier molecular flexibility index (Phi) is 12.5. The normalized spacial score (nSPS) is 13.6. The minimum absolute atomic E-state index is 0.273. The lowest BCUT2D eigenvalue weighted by Gasteiger charge is -2.22. The molecule has 0 saturated carbocycles. The Bertz CT molecular complexity index is 918. The van der Waals surface area contributed by atoms with E-state index in [1.54, 1.807) is 19.1 Å². The number of aromatic nitrogens is 2. The summed E-state index contributed by atoms with van der Waals surface area (Å²) in [7, 11) is 0. The second-order valence-electron chi connectivity index (χ2n) is 10.1. The molecule has 0 saturated heterocycles. The van der Waals surface area contributed by atoms with Crippen molar-refractivity contribution in [2.45, 2.75) is 105 Å². The summed E-state index contributed by atoms with van der Waals surface area (Å²) in [6.07, 6.45) is 18.1. The molecule has 0 aliphatic heterocycles. The van der Waals surface area contributed by atoms with Gasteiger partial charge < -0.3 is 4.74 Å². The lowest BCUT2D eigenvalue weighted by Crippen LogP contribution is -2.32. The molecule has 0 aliphatic carbocycles. The number of ether oxygens (including phenoxy) is 1. The van der Waals surface area contributed by atoms with Gasteiger partial charge in [0.1, 0.15) is 5.75 Å². The number of benzene rings is 1. The van der Waals surface area contributed by atoms with Crippen LogP contribution in [0.4, 0.5) is 0 Å². The SMILES string of the molecule is CCCCCCCCCCCc1cnc(-c2ccc(OC(=O)C(C)(C#N)CC(C)CC)cc2)nc1. The molecular formula is C30H43N3O2. The highest BCUT2D eigenvalue weighted by Crippen LogP contribution is 2.30. The van der Waals surface area contributed by atoms with Crippen LogP contribution in [0.25, 0.3) is 11.4 Å². The van der Waals surface area contributed by atoms with Crippen LogP contribution < -0.4 is 4.74 Å². The molecule has 0 bridgehead atoms. The summed E-state index contributed by atoms with van der Waals surface area (Å²) in [4.78, 5) is 21.7. The maximum Gasteiger partial charge on any atom is 0.331 e. The lowest BCUT2D eigenvalue weighted by molar-refractivity contribution is -0.142. The summed E-state index contributed by atoms with van der Waals surface area (Å²) in [5.41, 5.74) is 0.878. The zero-order valence-corrected chi connectivity index (χ0v) is 22.2. The van der Waals surface area contributed by atoms with E-state index in [2.05, 4.69) is 29.9 Å². The zero-order chi connectivity index (χ0) is 25.5. The van der Waals surface area contributed by atoms with Gasteiger partial charge in [-0.2, -0.15) is 5.26 Å². The van der Waals surface area contributed by atoms with Crippen molar-refractivity contribution in [2.24, 2.45) is 11.3 Å². The number of unbranched alkanes of at least 4 members (excludes halogenated alkanes) is 8. The van der Waals surface area contributed by atoms with Crippen LogP contribution in [-0.2, 0) is 11.2 Å². The molecule has 1 heterocycles. The molecule has 0 aliphatic rings. The fourth-order valence-electron chi connectivity index (χ4n) is 4.18. The fraction of sp³-hybridized carbons (Fsp3) is 0.600. The third-order valence-electron chi connectivity index (χ3n) is 6.75. The molecule has 2 aromatic rings. The van der Waals surface area contributed by atoms with Crippen molar-refractivity contribution < 1.29 is 9.53 Å². The first-order valence-corrected chi connectivity index (χ1v) is 13.5. The van der Waals surface area contributed by atoms with E-state index in [4.69, 9.17) is 4.74 Å². The fourth-order valence-corrected chi connectivity index (χ4v) is 4.18. The molecule has 1 aromatic carbocycles. The van der Waals surface area contributed by atoms with Gasteiger partial charge in [-0.1, -0.05) is 78.6 Å². The highest BCUT2D eigenvalue weighted by Gasteiger charge is 2.36. The average Bonchev–Trinajstić information content (AvgIpc) is 2.88. The summed E-state index contributed by atoms with van der Waals surface area (Å²) < 4.78 is 5.52. The number of rotatable bonds is 16. The van der Waals surface area contributed by atoms with Gasteiger partial charge in [-0.15, -0.1) is 0 Å². The average molecular weight is 478 g/mol. The molecule has 35 heavy (non-hydrogen) atoms. The van der Waals surface area contributed by atoms with Crippen molar-refractivity contribution in [1.29, 1.82) is 5.26 Å². The molecule has 1 aromatic heterocycles. The maximum absolute atomic E-state index is 12.6. The molecule has 5 heteroatoms. The van der Waals surface area contributed by atoms with E-state index in [-0.39, 0.29) is 5.92 Å². The van der Waals surface area contributed by atoms with Gasteiger partial charge in [-0.25, -0.2) is 14.8 Å². The van der Waals surface area contributed by atoms with E-state index < -0.39 is 11.4 Å². The summed E-state index contributed by atoms with van der Waals surface area (Å²) in [6.45, 7) is 8.01. The maximum atomic E-state index is 12.6. The van der Waals surface area contributed by atoms with Crippen LogP contribution in [0.15, 0.2) is 36.7 Å². The van der Waals surface area contributed by atoms with Crippen molar-refractivity contribution >= 4 is 5.97 Å². The Hall–Kier alpha value is -2.74. The Morgan fingerprint density at radius 1 is 0.971 bits per heavy atom. The molecule has 0 spiro atoms. The molecular weight excluding hydrogens is 434 g/mol. The number of aryl methyl sites for hydroxylation is 1. The largest absolute Gasteiger partial charge is 0.425 e. The van der Waals surface area contributed by atoms with Gasteiger partial charge in [-0.05, 0) is 61.9 Å². The Morgan fingerprint density at radius 2 is 1.54 bits per heavy atom. The second kappa shape index (κ2) is 15.3. The van der Waals surface area contributed by atoms with Crippen LogP contribution in [0.5, 0.6) is 5.75 Å². The summed E-state index contributed by atoms with van der Waals surface area (Å²) in [5, 5.41) is 9.55. The van der Waals surface area contributed by atoms with Gasteiger partial charge in [-0.3, -0.25) is 0 Å². The van der Waals surface area contributed by atoms with E-state index in [1.165, 1.54) is 63.4 Å². The number of carbonyl (C=O) groups excluding carboxylic acids is 1. The second-order valence-corrected chi connectivity index (χ2v) is 10.1. The Morgan fingerprint density at radius 3 is 2.09 bits per heavy atom. The molecule has 0 radical (unpaired) electrons. The van der Waals surface area contributed by atoms with Gasteiger partial charge in [0, 0.05) is 18.0 Å². The van der Waals surface area contributed by atoms with E-state index in [0.29, 0.717) is 18.0 Å². The number of nitriles is 1. The van der Waals surface area contributed by atoms with Gasteiger partial charge in [0.05, 0.1) is 6.07 Å². The quantitative estimate of drug-likeness (QED) is 0.139. The third-order valence-corrected chi connectivity index (χ3v) is 6.75. The van der Waals surface area contributed by atoms with Crippen molar-refractivity contribution in [1.82, 2.24) is 9.97 Å². The molecule has 0 amide bonds. The molecule has 2 atom stereocenters. The van der Waals surface area contributed by atoms with Crippen LogP contribution in [0.3, 0.4) is 0 Å². The van der Waals surface area contributed by atoms with Crippen LogP contribution in [-0.4, -0.2) is 15.9 Å². The molecule has 2 rings (SSSR count). The van der Waals surface area contributed by atoms with Crippen LogP contribution in [0.2, 0.25) is 0 Å². The monoisotopic (exact) mass is 477 g/mol. The minimum Gasteiger partial charge on any atom is -0.425 e. The molecule has 0 N–H and O–H groups in total. The number of carbonyl (C=O) groups is 1. The molecule has 190 valence electrons. The summed E-state index contributed by atoms with van der Waals surface area (Å²) in [5.74, 6) is 0.837. The highest BCUT2D eigenvalue weighted by atomic mass is 16.5. The lowest BCUT2D eigenvalue weighted by atomic mass is 9.82. The third kappa shape index (κ3) is 9.80.